The number of rotatable bonds is 7. The van der Waals surface area contributed by atoms with E-state index in [1.807, 2.05) is 13.8 Å². The van der Waals surface area contributed by atoms with Crippen LogP contribution in [0.5, 0.6) is 0 Å². The highest BCUT2D eigenvalue weighted by Gasteiger charge is 2.17. The number of carbonyl (C=O) groups is 1. The van der Waals surface area contributed by atoms with Gasteiger partial charge in [0.2, 0.25) is 11.9 Å². The maximum Gasteiger partial charge on any atom is 0.252 e. The molecule has 2 N–H and O–H groups in total. The number of carbonyl (C=O) groups excluding carboxylic acids is 1. The summed E-state index contributed by atoms with van der Waals surface area (Å²) in [6, 6.07) is 6.69. The summed E-state index contributed by atoms with van der Waals surface area (Å²) in [6.07, 6.45) is 4.21. The number of aromatic nitrogens is 4. The molecule has 0 aliphatic carbocycles. The first-order chi connectivity index (χ1) is 12.6. The van der Waals surface area contributed by atoms with Crippen LogP contribution in [-0.4, -0.2) is 25.7 Å². The van der Waals surface area contributed by atoms with Crippen molar-refractivity contribution in [2.24, 2.45) is 0 Å². The summed E-state index contributed by atoms with van der Waals surface area (Å²) in [5.41, 5.74) is 0.941. The second-order valence-electron chi connectivity index (χ2n) is 5.91. The normalized spacial score (nSPS) is 10.8. The average molecular weight is 355 g/mol. The summed E-state index contributed by atoms with van der Waals surface area (Å²) in [5.74, 6) is 1.10. The first-order valence-electron chi connectivity index (χ1n) is 8.65. The van der Waals surface area contributed by atoms with Crippen molar-refractivity contribution in [2.45, 2.75) is 39.5 Å². The SMILES string of the molecule is CCCC(=O)Nc1cc(-c2ccco2)nn1-c1nc(CCC)cc(=O)[nH]1. The molecule has 0 saturated carbocycles. The first kappa shape index (κ1) is 17.7. The van der Waals surface area contributed by atoms with Crippen molar-refractivity contribution in [3.05, 3.63) is 46.6 Å². The summed E-state index contributed by atoms with van der Waals surface area (Å²) >= 11 is 0. The van der Waals surface area contributed by atoms with E-state index < -0.39 is 0 Å². The van der Waals surface area contributed by atoms with Crippen LogP contribution in [0.4, 0.5) is 5.82 Å². The van der Waals surface area contributed by atoms with Crippen LogP contribution in [-0.2, 0) is 11.2 Å². The standard InChI is InChI=1S/C18H21N5O3/c1-3-6-12-10-17(25)21-18(19-12)23-15(20-16(24)7-4-2)11-13(22-23)14-8-5-9-26-14/h5,8-11H,3-4,6-7H2,1-2H3,(H,20,24)(H,19,21,25). The van der Waals surface area contributed by atoms with Gasteiger partial charge in [0.05, 0.1) is 6.26 Å². The van der Waals surface area contributed by atoms with E-state index in [0.717, 1.165) is 12.8 Å². The lowest BCUT2D eigenvalue weighted by atomic mass is 10.2. The Morgan fingerprint density at radius 3 is 2.85 bits per heavy atom. The topological polar surface area (TPSA) is 106 Å². The van der Waals surface area contributed by atoms with Crippen molar-refractivity contribution < 1.29 is 9.21 Å². The van der Waals surface area contributed by atoms with Crippen molar-refractivity contribution in [2.75, 3.05) is 5.32 Å². The number of anilines is 1. The van der Waals surface area contributed by atoms with Crippen LogP contribution in [0.3, 0.4) is 0 Å². The van der Waals surface area contributed by atoms with Crippen molar-refractivity contribution in [1.29, 1.82) is 0 Å². The van der Waals surface area contributed by atoms with Crippen LogP contribution in [0.2, 0.25) is 0 Å². The molecular weight excluding hydrogens is 334 g/mol. The summed E-state index contributed by atoms with van der Waals surface area (Å²) in [7, 11) is 0. The molecule has 8 heteroatoms. The van der Waals surface area contributed by atoms with Gasteiger partial charge < -0.3 is 9.73 Å². The van der Waals surface area contributed by atoms with E-state index >= 15 is 0 Å². The lowest BCUT2D eigenvalue weighted by Gasteiger charge is -2.08. The molecule has 3 aromatic rings. The predicted molar refractivity (Wildman–Crippen MR) is 97.2 cm³/mol. The van der Waals surface area contributed by atoms with Gasteiger partial charge in [0.25, 0.3) is 5.56 Å². The van der Waals surface area contributed by atoms with E-state index in [4.69, 9.17) is 4.42 Å². The molecule has 0 bridgehead atoms. The highest BCUT2D eigenvalue weighted by Crippen LogP contribution is 2.24. The lowest BCUT2D eigenvalue weighted by molar-refractivity contribution is -0.116. The van der Waals surface area contributed by atoms with Gasteiger partial charge >= 0.3 is 0 Å². The van der Waals surface area contributed by atoms with Gasteiger partial charge in [-0.1, -0.05) is 20.3 Å². The van der Waals surface area contributed by atoms with E-state index in [1.165, 1.54) is 10.7 Å². The zero-order valence-electron chi connectivity index (χ0n) is 14.8. The molecule has 0 fully saturated rings. The summed E-state index contributed by atoms with van der Waals surface area (Å²) < 4.78 is 6.80. The predicted octanol–water partition coefficient (Wildman–Crippen LogP) is 2.91. The zero-order chi connectivity index (χ0) is 18.5. The molecule has 0 aromatic carbocycles. The van der Waals surface area contributed by atoms with Gasteiger partial charge in [-0.3, -0.25) is 14.6 Å². The van der Waals surface area contributed by atoms with Crippen LogP contribution < -0.4 is 10.9 Å². The van der Waals surface area contributed by atoms with Crippen LogP contribution in [0.25, 0.3) is 17.4 Å². The molecule has 0 unspecified atom stereocenters. The Kier molecular flexibility index (Phi) is 5.31. The van der Waals surface area contributed by atoms with Gasteiger partial charge in [-0.15, -0.1) is 0 Å². The molecule has 1 amide bonds. The minimum absolute atomic E-state index is 0.133. The smallest absolute Gasteiger partial charge is 0.252 e. The summed E-state index contributed by atoms with van der Waals surface area (Å²) in [6.45, 7) is 3.94. The fraction of sp³-hybridized carbons (Fsp3) is 0.333. The van der Waals surface area contributed by atoms with E-state index in [-0.39, 0.29) is 17.4 Å². The van der Waals surface area contributed by atoms with Gasteiger partial charge in [-0.25, -0.2) is 4.98 Å². The number of nitrogens with one attached hydrogen (secondary N) is 2. The molecular formula is C18H21N5O3. The van der Waals surface area contributed by atoms with Gasteiger partial charge in [-0.05, 0) is 25.0 Å². The van der Waals surface area contributed by atoms with Gasteiger partial charge in [0.1, 0.15) is 11.5 Å². The molecule has 136 valence electrons. The summed E-state index contributed by atoms with van der Waals surface area (Å²) in [5, 5.41) is 7.28. The van der Waals surface area contributed by atoms with Crippen LogP contribution in [0.1, 0.15) is 38.8 Å². The molecule has 0 spiro atoms. The van der Waals surface area contributed by atoms with E-state index in [0.29, 0.717) is 35.8 Å². The van der Waals surface area contributed by atoms with Crippen LogP contribution in [0.15, 0.2) is 39.7 Å². The number of amides is 1. The third-order valence-corrected chi connectivity index (χ3v) is 3.72. The average Bonchev–Trinajstić information content (AvgIpc) is 3.24. The van der Waals surface area contributed by atoms with E-state index in [2.05, 4.69) is 20.4 Å². The Hall–Kier alpha value is -3.16. The maximum atomic E-state index is 12.1. The summed E-state index contributed by atoms with van der Waals surface area (Å²) in [4.78, 5) is 31.2. The highest BCUT2D eigenvalue weighted by atomic mass is 16.3. The molecule has 0 radical (unpaired) electrons. The number of furan rings is 1. The molecule has 3 rings (SSSR count). The highest BCUT2D eigenvalue weighted by molar-refractivity contribution is 5.90. The van der Waals surface area contributed by atoms with Crippen LogP contribution >= 0.6 is 0 Å². The second-order valence-corrected chi connectivity index (χ2v) is 5.91. The van der Waals surface area contributed by atoms with Crippen molar-refractivity contribution in [1.82, 2.24) is 19.7 Å². The Labute approximate surface area is 150 Å². The minimum Gasteiger partial charge on any atom is -0.463 e. The fourth-order valence-electron chi connectivity index (χ4n) is 2.59. The molecule has 0 saturated heterocycles. The van der Waals surface area contributed by atoms with Gasteiger partial charge in [0, 0.05) is 24.2 Å². The lowest BCUT2D eigenvalue weighted by Crippen LogP contribution is -2.19. The number of nitrogens with zero attached hydrogens (tertiary/aromatic N) is 3. The monoisotopic (exact) mass is 355 g/mol. The molecule has 8 nitrogen and oxygen atoms in total. The molecule has 3 heterocycles. The molecule has 0 atom stereocenters. The van der Waals surface area contributed by atoms with Gasteiger partial charge in [0.15, 0.2) is 5.76 Å². The van der Waals surface area contributed by atoms with Crippen molar-refractivity contribution in [3.8, 4) is 17.4 Å². The number of aromatic amines is 1. The Balaban J connectivity index is 2.06. The third kappa shape index (κ3) is 3.90. The van der Waals surface area contributed by atoms with E-state index in [9.17, 15) is 9.59 Å². The second kappa shape index (κ2) is 7.81. The van der Waals surface area contributed by atoms with Crippen LogP contribution in [0, 0.1) is 0 Å². The largest absolute Gasteiger partial charge is 0.463 e. The molecule has 26 heavy (non-hydrogen) atoms. The number of H-pyrrole nitrogens is 1. The molecule has 0 aliphatic heterocycles. The number of hydrogen-bond donors (Lipinski definition) is 2. The third-order valence-electron chi connectivity index (χ3n) is 3.72. The Morgan fingerprint density at radius 2 is 2.15 bits per heavy atom. The zero-order valence-corrected chi connectivity index (χ0v) is 14.8. The fourth-order valence-corrected chi connectivity index (χ4v) is 2.59. The van der Waals surface area contributed by atoms with Crippen molar-refractivity contribution in [3.63, 3.8) is 0 Å². The quantitative estimate of drug-likeness (QED) is 0.678. The molecule has 0 aliphatic rings. The first-order valence-corrected chi connectivity index (χ1v) is 8.65. The maximum absolute atomic E-state index is 12.1. The number of hydrogen-bond acceptors (Lipinski definition) is 5. The Bertz CT molecular complexity index is 940. The van der Waals surface area contributed by atoms with Crippen molar-refractivity contribution >= 4 is 11.7 Å². The Morgan fingerprint density at radius 1 is 1.31 bits per heavy atom. The van der Waals surface area contributed by atoms with E-state index in [1.54, 1.807) is 24.5 Å². The minimum atomic E-state index is -0.265. The number of aryl methyl sites for hydroxylation is 1. The molecule has 3 aromatic heterocycles. The van der Waals surface area contributed by atoms with Gasteiger partial charge in [-0.2, -0.15) is 9.78 Å².